The van der Waals surface area contributed by atoms with Crippen molar-refractivity contribution in [2.45, 2.75) is 11.4 Å². The van der Waals surface area contributed by atoms with Crippen molar-refractivity contribution in [1.82, 2.24) is 4.90 Å². The average Bonchev–Trinajstić information content (AvgIpc) is 2.31. The number of fused-ring (bicyclic) bond motifs is 1. The number of benzene rings is 2. The quantitative estimate of drug-likeness (QED) is 0.662. The Morgan fingerprint density at radius 2 is 2.00 bits per heavy atom. The van der Waals surface area contributed by atoms with Gasteiger partial charge in [-0.3, -0.25) is 0 Å². The van der Waals surface area contributed by atoms with Gasteiger partial charge in [0.1, 0.15) is 0 Å². The maximum atomic E-state index is 9.45. The van der Waals surface area contributed by atoms with E-state index in [1.54, 1.807) is 0 Å². The van der Waals surface area contributed by atoms with E-state index in [-0.39, 0.29) is 0 Å². The molecule has 4 heteroatoms. The molecule has 0 aliphatic carbocycles. The minimum absolute atomic E-state index is 0.492. The Labute approximate surface area is 114 Å². The summed E-state index contributed by atoms with van der Waals surface area (Å²) in [4.78, 5) is 3.11. The van der Waals surface area contributed by atoms with Gasteiger partial charge in [-0.1, -0.05) is 0 Å². The summed E-state index contributed by atoms with van der Waals surface area (Å²) >= 11 is 4.14. The van der Waals surface area contributed by atoms with Gasteiger partial charge in [0.2, 0.25) is 0 Å². The molecule has 0 amide bonds. The van der Waals surface area contributed by atoms with E-state index in [1.165, 1.54) is 5.56 Å². The van der Waals surface area contributed by atoms with E-state index in [0.29, 0.717) is 0 Å². The first kappa shape index (κ1) is 12.9. The number of nitrogens with zero attached hydrogens (tertiary/aromatic N) is 1. The van der Waals surface area contributed by atoms with Crippen LogP contribution in [0.15, 0.2) is 35.2 Å². The van der Waals surface area contributed by atoms with Crippen molar-refractivity contribution >= 4 is 43.1 Å². The van der Waals surface area contributed by atoms with Gasteiger partial charge in [0.15, 0.2) is 0 Å². The molecule has 0 heterocycles. The Bertz CT molecular complexity index is 542. The van der Waals surface area contributed by atoms with Crippen molar-refractivity contribution in [3.8, 4) is 0 Å². The van der Waals surface area contributed by atoms with Gasteiger partial charge >= 0.3 is 114 Å². The van der Waals surface area contributed by atoms with Crippen LogP contribution in [0.1, 0.15) is 5.56 Å². The zero-order chi connectivity index (χ0) is 12.4. The first-order valence-electron chi connectivity index (χ1n) is 5.33. The Morgan fingerprint density at radius 3 is 2.65 bits per heavy atom. The molecular formula is C13H15NOSSe. The predicted octanol–water partition coefficient (Wildman–Crippen LogP) is 1.43. The van der Waals surface area contributed by atoms with Gasteiger partial charge < -0.3 is 0 Å². The SMILES string of the molecule is CN(C)Cc1ccc2cccc([Se]O)c2c1S. The molecule has 2 aromatic rings. The van der Waals surface area contributed by atoms with E-state index in [0.717, 1.165) is 26.7 Å². The molecule has 0 saturated carbocycles. The molecule has 0 aliphatic rings. The molecule has 0 spiro atoms. The van der Waals surface area contributed by atoms with Crippen molar-refractivity contribution < 1.29 is 4.19 Å². The van der Waals surface area contributed by atoms with Gasteiger partial charge in [0.25, 0.3) is 0 Å². The molecule has 0 unspecified atom stereocenters. The van der Waals surface area contributed by atoms with Crippen molar-refractivity contribution in [2.24, 2.45) is 0 Å². The van der Waals surface area contributed by atoms with Crippen molar-refractivity contribution in [2.75, 3.05) is 14.1 Å². The first-order chi connectivity index (χ1) is 8.13. The molecule has 0 radical (unpaired) electrons. The molecule has 0 aliphatic heterocycles. The zero-order valence-corrected chi connectivity index (χ0v) is 12.5. The van der Waals surface area contributed by atoms with Gasteiger partial charge in [0, 0.05) is 0 Å². The molecule has 2 aromatic carbocycles. The summed E-state index contributed by atoms with van der Waals surface area (Å²) in [5.74, 6) is 0. The fourth-order valence-corrected chi connectivity index (χ4v) is 3.42. The van der Waals surface area contributed by atoms with Crippen LogP contribution in [0.5, 0.6) is 0 Å². The third-order valence-electron chi connectivity index (χ3n) is 2.65. The molecule has 0 bridgehead atoms. The molecule has 0 atom stereocenters. The number of hydrogen-bond donors (Lipinski definition) is 2. The number of thiol groups is 1. The van der Waals surface area contributed by atoms with Gasteiger partial charge in [-0.25, -0.2) is 0 Å². The van der Waals surface area contributed by atoms with Gasteiger partial charge in [-0.05, 0) is 0 Å². The molecule has 90 valence electrons. The predicted molar refractivity (Wildman–Crippen MR) is 76.2 cm³/mol. The maximum absolute atomic E-state index is 9.45. The Hall–Kier alpha value is -0.511. The van der Waals surface area contributed by atoms with Crippen LogP contribution >= 0.6 is 12.6 Å². The standard InChI is InChI=1S/C13H15NOSSe/c1-14(2)8-10-7-6-9-4-3-5-11(17-15)12(9)13(10)16/h3-7,15-16H,8H2,1-2H3. The van der Waals surface area contributed by atoms with Crippen LogP contribution in [-0.2, 0) is 6.54 Å². The summed E-state index contributed by atoms with van der Waals surface area (Å²) in [7, 11) is 4.08. The normalized spacial score (nSPS) is 11.4. The summed E-state index contributed by atoms with van der Waals surface area (Å²) in [5.41, 5.74) is 1.20. The van der Waals surface area contributed by atoms with E-state index in [4.69, 9.17) is 0 Å². The molecule has 0 aromatic heterocycles. The fourth-order valence-electron chi connectivity index (χ4n) is 1.91. The first-order valence-corrected chi connectivity index (χ1v) is 7.40. The monoisotopic (exact) mass is 313 g/mol. The van der Waals surface area contributed by atoms with E-state index in [1.807, 2.05) is 26.2 Å². The topological polar surface area (TPSA) is 23.5 Å². The van der Waals surface area contributed by atoms with Crippen LogP contribution in [0, 0.1) is 0 Å². The third-order valence-corrected chi connectivity index (χ3v) is 4.29. The van der Waals surface area contributed by atoms with Gasteiger partial charge in [-0.15, -0.1) is 0 Å². The fraction of sp³-hybridized carbons (Fsp3) is 0.231. The Balaban J connectivity index is 2.64. The van der Waals surface area contributed by atoms with Crippen molar-refractivity contribution in [3.05, 3.63) is 35.9 Å². The second kappa shape index (κ2) is 5.42. The molecule has 2 nitrogen and oxygen atoms in total. The van der Waals surface area contributed by atoms with Crippen molar-refractivity contribution in [3.63, 3.8) is 0 Å². The van der Waals surface area contributed by atoms with Gasteiger partial charge in [0.05, 0.1) is 0 Å². The third kappa shape index (κ3) is 2.67. The van der Waals surface area contributed by atoms with E-state index in [2.05, 4.69) is 35.7 Å². The molecule has 0 fully saturated rings. The van der Waals surface area contributed by atoms with Gasteiger partial charge in [-0.2, -0.15) is 0 Å². The summed E-state index contributed by atoms with van der Waals surface area (Å²) < 4.78 is 10.5. The summed E-state index contributed by atoms with van der Waals surface area (Å²) in [5, 5.41) is 2.24. The van der Waals surface area contributed by atoms with Crippen LogP contribution < -0.4 is 4.46 Å². The minimum atomic E-state index is -0.492. The summed E-state index contributed by atoms with van der Waals surface area (Å²) in [6, 6.07) is 10.2. The van der Waals surface area contributed by atoms with Crippen LogP contribution in [0.25, 0.3) is 10.8 Å². The summed E-state index contributed by atoms with van der Waals surface area (Å²) in [6.45, 7) is 0.863. The average molecular weight is 312 g/mol. The molecule has 17 heavy (non-hydrogen) atoms. The number of hydrogen-bond acceptors (Lipinski definition) is 3. The molecule has 0 saturated heterocycles. The van der Waals surface area contributed by atoms with Crippen molar-refractivity contribution in [1.29, 1.82) is 0 Å². The van der Waals surface area contributed by atoms with E-state index < -0.39 is 15.3 Å². The molecule has 2 rings (SSSR count). The zero-order valence-electron chi connectivity index (χ0n) is 9.84. The Kier molecular flexibility index (Phi) is 4.13. The summed E-state index contributed by atoms with van der Waals surface area (Å²) in [6.07, 6.45) is 0. The van der Waals surface area contributed by atoms with Crippen LogP contribution in [0.2, 0.25) is 0 Å². The van der Waals surface area contributed by atoms with Crippen LogP contribution in [0.3, 0.4) is 0 Å². The van der Waals surface area contributed by atoms with Crippen LogP contribution in [-0.4, -0.2) is 38.5 Å². The van der Waals surface area contributed by atoms with E-state index in [9.17, 15) is 4.19 Å². The second-order valence-corrected chi connectivity index (χ2v) is 6.01. The Morgan fingerprint density at radius 1 is 1.24 bits per heavy atom. The molecule has 1 N–H and O–H groups in total. The van der Waals surface area contributed by atoms with E-state index >= 15 is 0 Å². The number of rotatable bonds is 3. The molecular weight excluding hydrogens is 297 g/mol. The second-order valence-electron chi connectivity index (χ2n) is 4.26. The van der Waals surface area contributed by atoms with Crippen LogP contribution in [0.4, 0.5) is 0 Å².